The van der Waals surface area contributed by atoms with Crippen LogP contribution in [0.4, 0.5) is 10.9 Å². The van der Waals surface area contributed by atoms with Crippen molar-refractivity contribution in [3.8, 4) is 5.75 Å². The molecule has 1 aromatic carbocycles. The van der Waals surface area contributed by atoms with Crippen molar-refractivity contribution in [3.63, 3.8) is 0 Å². The van der Waals surface area contributed by atoms with Crippen LogP contribution in [0.1, 0.15) is 41.3 Å². The molecule has 0 spiro atoms. The Kier molecular flexibility index (Phi) is 6.20. The normalized spacial score (nSPS) is 19.2. The van der Waals surface area contributed by atoms with Gasteiger partial charge in [-0.05, 0) is 37.5 Å². The predicted octanol–water partition coefficient (Wildman–Crippen LogP) is 4.03. The van der Waals surface area contributed by atoms with Gasteiger partial charge in [-0.1, -0.05) is 17.4 Å². The number of nitrogens with zero attached hydrogens (tertiary/aromatic N) is 3. The Morgan fingerprint density at radius 3 is 2.88 bits per heavy atom. The largest absolute Gasteiger partial charge is 0.494 e. The SMILES string of the molecule is COc1ccc(C2CCCCO2)c2sc(NC(=O)c3ccnc(N4CCOCC4)c3)nc12. The highest BCUT2D eigenvalue weighted by Gasteiger charge is 2.23. The molecule has 2 aliphatic heterocycles. The number of ether oxygens (including phenoxy) is 3. The van der Waals surface area contributed by atoms with E-state index in [1.54, 1.807) is 19.4 Å². The number of morpholine rings is 1. The number of aromatic nitrogens is 2. The van der Waals surface area contributed by atoms with Gasteiger partial charge in [0, 0.05) is 37.0 Å². The standard InChI is InChI=1S/C23H26N4O4S/c1-29-18-6-5-16(17-4-2-3-11-31-17)21-20(18)25-23(32-21)26-22(28)15-7-8-24-19(14-15)27-9-12-30-13-10-27/h5-8,14,17H,2-4,9-13H2,1H3,(H,25,26,28). The quantitative estimate of drug-likeness (QED) is 0.623. The summed E-state index contributed by atoms with van der Waals surface area (Å²) in [5.74, 6) is 1.26. The number of pyridine rings is 1. The lowest BCUT2D eigenvalue weighted by atomic mass is 10.0. The molecule has 0 bridgehead atoms. The third kappa shape index (κ3) is 4.28. The zero-order chi connectivity index (χ0) is 21.9. The number of carbonyl (C=O) groups excluding carboxylic acids is 1. The molecule has 3 aromatic rings. The van der Waals surface area contributed by atoms with Crippen molar-refractivity contribution in [2.75, 3.05) is 50.2 Å². The number of fused-ring (bicyclic) bond motifs is 1. The van der Waals surface area contributed by atoms with Gasteiger partial charge in [0.25, 0.3) is 5.91 Å². The number of carbonyl (C=O) groups is 1. The summed E-state index contributed by atoms with van der Waals surface area (Å²) in [6.45, 7) is 3.63. The monoisotopic (exact) mass is 454 g/mol. The van der Waals surface area contributed by atoms with Gasteiger partial charge >= 0.3 is 0 Å². The Morgan fingerprint density at radius 2 is 2.09 bits per heavy atom. The molecule has 9 heteroatoms. The summed E-state index contributed by atoms with van der Waals surface area (Å²) in [7, 11) is 1.63. The van der Waals surface area contributed by atoms with E-state index in [9.17, 15) is 4.79 Å². The second-order valence-corrected chi connectivity index (χ2v) is 8.86. The Morgan fingerprint density at radius 1 is 1.22 bits per heavy atom. The van der Waals surface area contributed by atoms with Crippen LogP contribution < -0.4 is 15.0 Å². The molecule has 2 fully saturated rings. The third-order valence-electron chi connectivity index (χ3n) is 5.85. The van der Waals surface area contributed by atoms with Crippen molar-refractivity contribution in [1.29, 1.82) is 0 Å². The predicted molar refractivity (Wildman–Crippen MR) is 124 cm³/mol. The average molecular weight is 455 g/mol. The molecular weight excluding hydrogens is 428 g/mol. The molecule has 32 heavy (non-hydrogen) atoms. The highest BCUT2D eigenvalue weighted by molar-refractivity contribution is 7.22. The maximum Gasteiger partial charge on any atom is 0.257 e. The number of amides is 1. The summed E-state index contributed by atoms with van der Waals surface area (Å²) in [6, 6.07) is 7.52. The minimum Gasteiger partial charge on any atom is -0.494 e. The van der Waals surface area contributed by atoms with Crippen LogP contribution in [0.15, 0.2) is 30.5 Å². The zero-order valence-electron chi connectivity index (χ0n) is 18.0. The molecule has 2 aliphatic rings. The highest BCUT2D eigenvalue weighted by Crippen LogP contribution is 2.40. The molecule has 0 radical (unpaired) electrons. The molecule has 5 rings (SSSR count). The molecule has 1 amide bonds. The zero-order valence-corrected chi connectivity index (χ0v) is 18.8. The molecule has 8 nitrogen and oxygen atoms in total. The molecule has 2 saturated heterocycles. The van der Waals surface area contributed by atoms with Crippen LogP contribution in [0.3, 0.4) is 0 Å². The minimum absolute atomic E-state index is 0.0532. The van der Waals surface area contributed by atoms with E-state index in [1.165, 1.54) is 11.3 Å². The van der Waals surface area contributed by atoms with E-state index < -0.39 is 0 Å². The van der Waals surface area contributed by atoms with Gasteiger partial charge in [0.2, 0.25) is 0 Å². The van der Waals surface area contributed by atoms with Crippen molar-refractivity contribution in [2.24, 2.45) is 0 Å². The van der Waals surface area contributed by atoms with Gasteiger partial charge in [-0.3, -0.25) is 10.1 Å². The molecular formula is C23H26N4O4S. The van der Waals surface area contributed by atoms with E-state index >= 15 is 0 Å². The van der Waals surface area contributed by atoms with Gasteiger partial charge in [0.1, 0.15) is 17.1 Å². The summed E-state index contributed by atoms with van der Waals surface area (Å²) >= 11 is 1.46. The molecule has 4 heterocycles. The van der Waals surface area contributed by atoms with Gasteiger partial charge in [0.05, 0.1) is 31.1 Å². The molecule has 1 atom stereocenters. The molecule has 168 valence electrons. The van der Waals surface area contributed by atoms with Crippen molar-refractivity contribution in [1.82, 2.24) is 9.97 Å². The smallest absolute Gasteiger partial charge is 0.257 e. The van der Waals surface area contributed by atoms with Crippen LogP contribution in [0.2, 0.25) is 0 Å². The summed E-state index contributed by atoms with van der Waals surface area (Å²) in [4.78, 5) is 24.2. The fourth-order valence-electron chi connectivity index (χ4n) is 4.15. The molecule has 0 saturated carbocycles. The molecule has 1 unspecified atom stereocenters. The highest BCUT2D eigenvalue weighted by atomic mass is 32.1. The van der Waals surface area contributed by atoms with Crippen molar-refractivity contribution < 1.29 is 19.0 Å². The lowest BCUT2D eigenvalue weighted by molar-refractivity contribution is 0.0159. The Balaban J connectivity index is 1.41. The summed E-state index contributed by atoms with van der Waals surface area (Å²) in [6.07, 6.45) is 4.95. The molecule has 1 N–H and O–H groups in total. The van der Waals surface area contributed by atoms with Crippen LogP contribution in [0, 0.1) is 0 Å². The van der Waals surface area contributed by atoms with E-state index in [4.69, 9.17) is 14.2 Å². The van der Waals surface area contributed by atoms with E-state index in [-0.39, 0.29) is 12.0 Å². The molecule has 2 aromatic heterocycles. The van der Waals surface area contributed by atoms with Crippen molar-refractivity contribution >= 4 is 38.4 Å². The van der Waals surface area contributed by atoms with Gasteiger partial charge < -0.3 is 19.1 Å². The average Bonchev–Trinajstić information content (AvgIpc) is 3.28. The van der Waals surface area contributed by atoms with Crippen LogP contribution in [0.5, 0.6) is 5.75 Å². The fourth-order valence-corrected chi connectivity index (χ4v) is 5.19. The number of hydrogen-bond acceptors (Lipinski definition) is 8. The second kappa shape index (κ2) is 9.40. The van der Waals surface area contributed by atoms with Crippen LogP contribution in [-0.4, -0.2) is 55.9 Å². The minimum atomic E-state index is -0.213. The first-order valence-electron chi connectivity index (χ1n) is 10.9. The van der Waals surface area contributed by atoms with Crippen LogP contribution >= 0.6 is 11.3 Å². The topological polar surface area (TPSA) is 85.8 Å². The van der Waals surface area contributed by atoms with Crippen molar-refractivity contribution in [2.45, 2.75) is 25.4 Å². The lowest BCUT2D eigenvalue weighted by Crippen LogP contribution is -2.36. The Bertz CT molecular complexity index is 1110. The number of rotatable bonds is 5. The fraction of sp³-hybridized carbons (Fsp3) is 0.435. The first-order chi connectivity index (χ1) is 15.7. The van der Waals surface area contributed by atoms with Crippen molar-refractivity contribution in [3.05, 3.63) is 41.6 Å². The summed E-state index contributed by atoms with van der Waals surface area (Å²) in [5.41, 5.74) is 2.41. The first kappa shape index (κ1) is 21.1. The Labute approximate surface area is 190 Å². The number of anilines is 2. The number of methoxy groups -OCH3 is 1. The second-order valence-electron chi connectivity index (χ2n) is 7.87. The van der Waals surface area contributed by atoms with E-state index in [0.717, 1.165) is 60.6 Å². The lowest BCUT2D eigenvalue weighted by Gasteiger charge is -2.27. The summed E-state index contributed by atoms with van der Waals surface area (Å²) in [5, 5.41) is 3.50. The number of benzene rings is 1. The van der Waals surface area contributed by atoms with E-state index in [1.807, 2.05) is 12.1 Å². The number of hydrogen-bond donors (Lipinski definition) is 1. The van der Waals surface area contributed by atoms with E-state index in [0.29, 0.717) is 29.7 Å². The number of nitrogens with one attached hydrogen (secondary N) is 1. The third-order valence-corrected chi connectivity index (χ3v) is 6.87. The van der Waals surface area contributed by atoms with Crippen LogP contribution in [0.25, 0.3) is 10.2 Å². The maximum absolute atomic E-state index is 13.0. The van der Waals surface area contributed by atoms with Crippen LogP contribution in [-0.2, 0) is 9.47 Å². The maximum atomic E-state index is 13.0. The van der Waals surface area contributed by atoms with Gasteiger partial charge in [-0.25, -0.2) is 9.97 Å². The Hall–Kier alpha value is -2.75. The van der Waals surface area contributed by atoms with Gasteiger partial charge in [-0.2, -0.15) is 0 Å². The van der Waals surface area contributed by atoms with E-state index in [2.05, 4.69) is 26.3 Å². The summed E-state index contributed by atoms with van der Waals surface area (Å²) < 4.78 is 17.9. The van der Waals surface area contributed by atoms with Gasteiger partial charge in [0.15, 0.2) is 5.13 Å². The number of thiazole rings is 1. The first-order valence-corrected chi connectivity index (χ1v) is 11.7. The van der Waals surface area contributed by atoms with Gasteiger partial charge in [-0.15, -0.1) is 0 Å². The molecule has 0 aliphatic carbocycles.